The molecule has 0 spiro atoms. The Morgan fingerprint density at radius 1 is 0.900 bits per heavy atom. The highest BCUT2D eigenvalue weighted by atomic mass is 14.4. The third-order valence-electron chi connectivity index (χ3n) is 0.788. The van der Waals surface area contributed by atoms with Crippen molar-refractivity contribution in [3.63, 3.8) is 0 Å². The Hall–Kier alpha value is -2.17. The van der Waals surface area contributed by atoms with Crippen LogP contribution >= 0.6 is 0 Å². The van der Waals surface area contributed by atoms with Crippen LogP contribution in [0.2, 0.25) is 0 Å². The maximum atomic E-state index is 8.16. The van der Waals surface area contributed by atoms with E-state index in [-0.39, 0.29) is 5.92 Å². The summed E-state index contributed by atoms with van der Waals surface area (Å²) in [7, 11) is 0. The summed E-state index contributed by atoms with van der Waals surface area (Å²) in [6, 6.07) is 5.95. The van der Waals surface area contributed by atoms with Crippen LogP contribution in [-0.4, -0.2) is 0 Å². The van der Waals surface area contributed by atoms with E-state index in [1.165, 1.54) is 24.3 Å². The van der Waals surface area contributed by atoms with Gasteiger partial charge in [0.05, 0.1) is 0 Å². The molecule has 10 heavy (non-hydrogen) atoms. The lowest BCUT2D eigenvalue weighted by Crippen LogP contribution is -2.03. The van der Waals surface area contributed by atoms with Crippen molar-refractivity contribution in [3.05, 3.63) is 5.92 Å². The normalized spacial score (nSPS) is 6.50. The van der Waals surface area contributed by atoms with Gasteiger partial charge in [0.25, 0.3) is 0 Å². The van der Waals surface area contributed by atoms with Crippen molar-refractivity contribution >= 4 is 0 Å². The maximum Gasteiger partial charge on any atom is 0.347 e. The predicted octanol–water partition coefficient (Wildman–Crippen LogP) is 0.271. The predicted molar refractivity (Wildman–Crippen MR) is 29.2 cm³/mol. The van der Waals surface area contributed by atoms with E-state index in [9.17, 15) is 0 Å². The van der Waals surface area contributed by atoms with Crippen LogP contribution in [-0.2, 0) is 0 Å². The molecule has 44 valence electrons. The highest BCUT2D eigenvalue weighted by Crippen LogP contribution is 2.09. The van der Waals surface area contributed by atoms with E-state index in [0.29, 0.717) is 0 Å². The van der Waals surface area contributed by atoms with E-state index >= 15 is 0 Å². The molecule has 0 saturated heterocycles. The summed E-state index contributed by atoms with van der Waals surface area (Å²) in [6.07, 6.45) is 0. The minimum atomic E-state index is -1.21. The van der Waals surface area contributed by atoms with Gasteiger partial charge in [-0.2, -0.15) is 10.5 Å². The summed E-state index contributed by atoms with van der Waals surface area (Å²) in [5.74, 6) is -1.57. The van der Waals surface area contributed by atoms with Gasteiger partial charge in [-0.1, -0.05) is 0 Å². The van der Waals surface area contributed by atoms with Crippen LogP contribution in [0.15, 0.2) is 0 Å². The van der Waals surface area contributed by atoms with Crippen molar-refractivity contribution in [1.29, 1.82) is 21.0 Å². The molecule has 0 heterocycles. The van der Waals surface area contributed by atoms with Gasteiger partial charge in [-0.05, 0) is 0 Å². The lowest BCUT2D eigenvalue weighted by atomic mass is 9.98. The highest BCUT2D eigenvalue weighted by molar-refractivity contribution is 5.37. The second-order valence-corrected chi connectivity index (χ2v) is 1.33. The first kappa shape index (κ1) is 7.83. The summed E-state index contributed by atoms with van der Waals surface area (Å²) >= 11 is 0. The SMILES string of the molecule is N#C[C+](C#N)C(C#N)C#N. The molecule has 0 unspecified atom stereocenters. The van der Waals surface area contributed by atoms with Gasteiger partial charge >= 0.3 is 24.0 Å². The summed E-state index contributed by atoms with van der Waals surface area (Å²) in [5.41, 5.74) is 0. The van der Waals surface area contributed by atoms with Crippen LogP contribution < -0.4 is 0 Å². The molecular weight excluding hydrogens is 128 g/mol. The topological polar surface area (TPSA) is 95.2 Å². The minimum Gasteiger partial charge on any atom is -0.192 e. The zero-order chi connectivity index (χ0) is 7.98. The number of hydrogen-bond acceptors (Lipinski definition) is 4. The van der Waals surface area contributed by atoms with Crippen molar-refractivity contribution in [2.24, 2.45) is 5.92 Å². The largest absolute Gasteiger partial charge is 0.347 e. The zero-order valence-electron chi connectivity index (χ0n) is 4.87. The van der Waals surface area contributed by atoms with Crippen LogP contribution in [0.4, 0.5) is 0 Å². The van der Waals surface area contributed by atoms with E-state index in [4.69, 9.17) is 21.0 Å². The van der Waals surface area contributed by atoms with Gasteiger partial charge < -0.3 is 0 Å². The van der Waals surface area contributed by atoms with Crippen LogP contribution in [0, 0.1) is 57.2 Å². The van der Waals surface area contributed by atoms with Gasteiger partial charge in [0.15, 0.2) is 0 Å². The molecule has 0 aromatic heterocycles. The standard InChI is InChI=1S/C6HN4/c7-1-5(2-8)6(3-9)4-10/h5H/q+1. The molecule has 0 aromatic rings. The number of nitrogens with zero attached hydrogens (tertiary/aromatic N) is 4. The van der Waals surface area contributed by atoms with Crippen LogP contribution in [0.3, 0.4) is 0 Å². The molecule has 0 aliphatic heterocycles. The Balaban J connectivity index is 4.40. The third kappa shape index (κ3) is 1.41. The first-order valence-electron chi connectivity index (χ1n) is 2.26. The average Bonchev–Trinajstić information content (AvgIpc) is 2.00. The van der Waals surface area contributed by atoms with Crippen molar-refractivity contribution in [1.82, 2.24) is 0 Å². The van der Waals surface area contributed by atoms with Gasteiger partial charge in [-0.15, -0.1) is 10.5 Å². The van der Waals surface area contributed by atoms with E-state index in [1.54, 1.807) is 0 Å². The molecule has 0 N–H and O–H groups in total. The molecule has 0 atom stereocenters. The second-order valence-electron chi connectivity index (χ2n) is 1.33. The van der Waals surface area contributed by atoms with Gasteiger partial charge in [0.1, 0.15) is 12.1 Å². The van der Waals surface area contributed by atoms with E-state index < -0.39 is 5.92 Å². The Morgan fingerprint density at radius 2 is 1.30 bits per heavy atom. The summed E-state index contributed by atoms with van der Waals surface area (Å²) in [4.78, 5) is 0. The fourth-order valence-corrected chi connectivity index (χ4v) is 0.312. The molecule has 0 aromatic carbocycles. The molecule has 0 amide bonds. The molecule has 0 aliphatic rings. The van der Waals surface area contributed by atoms with Crippen LogP contribution in [0.1, 0.15) is 0 Å². The summed E-state index contributed by atoms with van der Waals surface area (Å²) in [5, 5.41) is 32.6. The summed E-state index contributed by atoms with van der Waals surface area (Å²) in [6.45, 7) is 0. The Bertz CT molecular complexity index is 208. The Labute approximate surface area is 58.1 Å². The molecule has 0 radical (unpaired) electrons. The van der Waals surface area contributed by atoms with Crippen LogP contribution in [0.25, 0.3) is 0 Å². The minimum absolute atomic E-state index is 0.356. The molecule has 4 heteroatoms. The lowest BCUT2D eigenvalue weighted by molar-refractivity contribution is 0.959. The highest BCUT2D eigenvalue weighted by Gasteiger charge is 2.34. The lowest BCUT2D eigenvalue weighted by Gasteiger charge is -1.79. The molecular formula is C6HN4+. The Kier molecular flexibility index (Phi) is 2.96. The summed E-state index contributed by atoms with van der Waals surface area (Å²) < 4.78 is 0. The molecule has 0 aliphatic carbocycles. The van der Waals surface area contributed by atoms with Gasteiger partial charge in [-0.3, -0.25) is 0 Å². The fourth-order valence-electron chi connectivity index (χ4n) is 0.312. The van der Waals surface area contributed by atoms with Crippen LogP contribution in [0.5, 0.6) is 0 Å². The second kappa shape index (κ2) is 3.79. The first-order valence-corrected chi connectivity index (χ1v) is 2.26. The number of nitriles is 4. The molecule has 0 rings (SSSR count). The molecule has 0 bridgehead atoms. The Morgan fingerprint density at radius 3 is 1.40 bits per heavy atom. The monoisotopic (exact) mass is 129 g/mol. The maximum absolute atomic E-state index is 8.16. The van der Waals surface area contributed by atoms with Crippen molar-refractivity contribution < 1.29 is 0 Å². The smallest absolute Gasteiger partial charge is 0.192 e. The van der Waals surface area contributed by atoms with Crippen molar-refractivity contribution in [3.8, 4) is 24.3 Å². The number of rotatable bonds is 1. The van der Waals surface area contributed by atoms with Gasteiger partial charge in [0.2, 0.25) is 0 Å². The quantitative estimate of drug-likeness (QED) is 0.474. The molecule has 0 fully saturated rings. The molecule has 0 saturated carbocycles. The fraction of sp³-hybridized carbons (Fsp3) is 0.167. The van der Waals surface area contributed by atoms with E-state index in [0.717, 1.165) is 0 Å². The van der Waals surface area contributed by atoms with Gasteiger partial charge in [-0.25, -0.2) is 0 Å². The first-order chi connectivity index (χ1) is 4.79. The third-order valence-corrected chi connectivity index (χ3v) is 0.788. The van der Waals surface area contributed by atoms with E-state index in [2.05, 4.69) is 0 Å². The van der Waals surface area contributed by atoms with Gasteiger partial charge in [0, 0.05) is 0 Å². The molecule has 4 nitrogen and oxygen atoms in total. The van der Waals surface area contributed by atoms with Crippen molar-refractivity contribution in [2.45, 2.75) is 0 Å². The zero-order valence-corrected chi connectivity index (χ0v) is 4.87. The average molecular weight is 129 g/mol. The van der Waals surface area contributed by atoms with E-state index in [1.807, 2.05) is 0 Å². The van der Waals surface area contributed by atoms with Crippen molar-refractivity contribution in [2.75, 3.05) is 0 Å². The number of hydrogen-bond donors (Lipinski definition) is 0.